The van der Waals surface area contributed by atoms with E-state index in [9.17, 15) is 4.79 Å². The molecule has 1 aromatic rings. The molecule has 0 saturated heterocycles. The van der Waals surface area contributed by atoms with Crippen LogP contribution in [0.25, 0.3) is 0 Å². The Hall–Kier alpha value is -1.36. The maximum absolute atomic E-state index is 11.8. The zero-order chi connectivity index (χ0) is 11.6. The van der Waals surface area contributed by atoms with E-state index in [4.69, 9.17) is 5.73 Å². The van der Waals surface area contributed by atoms with Crippen LogP contribution in [0.1, 0.15) is 28.7 Å². The Morgan fingerprint density at radius 3 is 2.60 bits per heavy atom. The fourth-order valence-electron chi connectivity index (χ4n) is 1.46. The molecule has 0 spiro atoms. The van der Waals surface area contributed by atoms with E-state index in [1.807, 2.05) is 27.8 Å². The van der Waals surface area contributed by atoms with E-state index in [1.54, 1.807) is 4.68 Å². The predicted molar refractivity (Wildman–Crippen MR) is 58.7 cm³/mol. The van der Waals surface area contributed by atoms with E-state index in [-0.39, 0.29) is 11.9 Å². The molecule has 1 unspecified atom stereocenters. The van der Waals surface area contributed by atoms with Gasteiger partial charge >= 0.3 is 0 Å². The van der Waals surface area contributed by atoms with Crippen molar-refractivity contribution in [3.63, 3.8) is 0 Å². The van der Waals surface area contributed by atoms with Crippen molar-refractivity contribution in [3.05, 3.63) is 17.0 Å². The molecular formula is C10H18N4O. The van der Waals surface area contributed by atoms with Gasteiger partial charge in [0.05, 0.1) is 11.3 Å². The van der Waals surface area contributed by atoms with Gasteiger partial charge in [-0.25, -0.2) is 0 Å². The number of amides is 1. The molecule has 1 rings (SSSR count). The summed E-state index contributed by atoms with van der Waals surface area (Å²) in [7, 11) is 1.82. The highest BCUT2D eigenvalue weighted by Gasteiger charge is 2.17. The Morgan fingerprint density at radius 2 is 2.20 bits per heavy atom. The van der Waals surface area contributed by atoms with Crippen molar-refractivity contribution < 1.29 is 4.79 Å². The first-order chi connectivity index (χ1) is 6.97. The minimum atomic E-state index is -0.101. The van der Waals surface area contributed by atoms with Gasteiger partial charge in [-0.3, -0.25) is 9.48 Å². The number of rotatable bonds is 3. The van der Waals surface area contributed by atoms with Crippen LogP contribution in [0, 0.1) is 13.8 Å². The monoisotopic (exact) mass is 210 g/mol. The Bertz CT molecular complexity index is 370. The lowest BCUT2D eigenvalue weighted by Gasteiger charge is -2.11. The van der Waals surface area contributed by atoms with Crippen LogP contribution >= 0.6 is 0 Å². The van der Waals surface area contributed by atoms with E-state index in [2.05, 4.69) is 10.4 Å². The molecular weight excluding hydrogens is 192 g/mol. The van der Waals surface area contributed by atoms with Crippen LogP contribution in [0.3, 0.4) is 0 Å². The van der Waals surface area contributed by atoms with Gasteiger partial charge in [0.2, 0.25) is 0 Å². The molecule has 0 radical (unpaired) electrons. The van der Waals surface area contributed by atoms with Gasteiger partial charge in [-0.1, -0.05) is 0 Å². The molecule has 0 aromatic carbocycles. The number of hydrogen-bond donors (Lipinski definition) is 2. The average molecular weight is 210 g/mol. The third-order valence-electron chi connectivity index (χ3n) is 2.47. The van der Waals surface area contributed by atoms with Gasteiger partial charge in [-0.2, -0.15) is 5.10 Å². The summed E-state index contributed by atoms with van der Waals surface area (Å²) in [4.78, 5) is 11.8. The summed E-state index contributed by atoms with van der Waals surface area (Å²) < 4.78 is 1.71. The van der Waals surface area contributed by atoms with Crippen molar-refractivity contribution in [2.45, 2.75) is 26.8 Å². The zero-order valence-electron chi connectivity index (χ0n) is 9.66. The molecule has 15 heavy (non-hydrogen) atoms. The predicted octanol–water partition coefficient (Wildman–Crippen LogP) is 0.114. The largest absolute Gasteiger partial charge is 0.348 e. The lowest BCUT2D eigenvalue weighted by Crippen LogP contribution is -2.38. The van der Waals surface area contributed by atoms with Gasteiger partial charge < -0.3 is 11.1 Å². The maximum atomic E-state index is 11.8. The number of nitrogens with zero attached hydrogens (tertiary/aromatic N) is 2. The van der Waals surface area contributed by atoms with E-state index >= 15 is 0 Å². The third-order valence-corrected chi connectivity index (χ3v) is 2.47. The Kier molecular flexibility index (Phi) is 3.47. The first-order valence-electron chi connectivity index (χ1n) is 4.98. The van der Waals surface area contributed by atoms with E-state index in [1.165, 1.54) is 0 Å². The molecule has 0 fully saturated rings. The normalized spacial score (nSPS) is 12.6. The second kappa shape index (κ2) is 4.44. The number of aryl methyl sites for hydroxylation is 2. The van der Waals surface area contributed by atoms with Crippen molar-refractivity contribution >= 4 is 5.91 Å². The molecule has 1 atom stereocenters. The van der Waals surface area contributed by atoms with Gasteiger partial charge in [0.15, 0.2) is 0 Å². The van der Waals surface area contributed by atoms with Gasteiger partial charge in [0.1, 0.15) is 0 Å². The molecule has 1 amide bonds. The van der Waals surface area contributed by atoms with Crippen LogP contribution < -0.4 is 11.1 Å². The smallest absolute Gasteiger partial charge is 0.255 e. The minimum absolute atomic E-state index is 0.0171. The summed E-state index contributed by atoms with van der Waals surface area (Å²) in [5, 5.41) is 7.01. The van der Waals surface area contributed by atoms with E-state index in [0.717, 1.165) is 11.4 Å². The molecule has 84 valence electrons. The Balaban J connectivity index is 2.91. The average Bonchev–Trinajstić information content (AvgIpc) is 2.41. The molecule has 0 aliphatic carbocycles. The molecule has 0 aliphatic rings. The molecule has 1 aromatic heterocycles. The first-order valence-corrected chi connectivity index (χ1v) is 4.98. The van der Waals surface area contributed by atoms with Crippen LogP contribution in [-0.4, -0.2) is 28.3 Å². The fourth-order valence-corrected chi connectivity index (χ4v) is 1.46. The summed E-state index contributed by atoms with van der Waals surface area (Å²) in [6.07, 6.45) is 0. The fraction of sp³-hybridized carbons (Fsp3) is 0.600. The maximum Gasteiger partial charge on any atom is 0.255 e. The molecule has 0 bridgehead atoms. The Morgan fingerprint density at radius 1 is 1.60 bits per heavy atom. The van der Waals surface area contributed by atoms with Crippen molar-refractivity contribution in [2.24, 2.45) is 12.8 Å². The number of nitrogens with one attached hydrogen (secondary N) is 1. The van der Waals surface area contributed by atoms with E-state index < -0.39 is 0 Å². The van der Waals surface area contributed by atoms with Crippen molar-refractivity contribution in [2.75, 3.05) is 6.54 Å². The zero-order valence-corrected chi connectivity index (χ0v) is 9.66. The van der Waals surface area contributed by atoms with Crippen LogP contribution in [0.15, 0.2) is 0 Å². The van der Waals surface area contributed by atoms with Gasteiger partial charge in [-0.05, 0) is 20.8 Å². The topological polar surface area (TPSA) is 72.9 Å². The van der Waals surface area contributed by atoms with Crippen LogP contribution in [-0.2, 0) is 7.05 Å². The summed E-state index contributed by atoms with van der Waals surface area (Å²) >= 11 is 0. The standard InChI is InChI=1S/C10H18N4O/c1-6(5-11)12-10(15)9-7(2)13-14(4)8(9)3/h6H,5,11H2,1-4H3,(H,12,15). The number of carbonyl (C=O) groups is 1. The summed E-state index contributed by atoms with van der Waals surface area (Å²) in [5.74, 6) is -0.101. The Labute approximate surface area is 89.6 Å². The van der Waals surface area contributed by atoms with Crippen LogP contribution in [0.5, 0.6) is 0 Å². The molecule has 5 heteroatoms. The quantitative estimate of drug-likeness (QED) is 0.744. The van der Waals surface area contributed by atoms with Gasteiger partial charge in [0, 0.05) is 25.3 Å². The SMILES string of the molecule is Cc1nn(C)c(C)c1C(=O)NC(C)CN. The molecule has 1 heterocycles. The molecule has 0 saturated carbocycles. The second-order valence-corrected chi connectivity index (χ2v) is 3.78. The lowest BCUT2D eigenvalue weighted by atomic mass is 10.1. The number of nitrogens with two attached hydrogens (primary N) is 1. The molecule has 0 aliphatic heterocycles. The van der Waals surface area contributed by atoms with Gasteiger partial charge in [0.25, 0.3) is 5.91 Å². The summed E-state index contributed by atoms with van der Waals surface area (Å²) in [6.45, 7) is 6.01. The van der Waals surface area contributed by atoms with Crippen molar-refractivity contribution in [3.8, 4) is 0 Å². The van der Waals surface area contributed by atoms with Crippen LogP contribution in [0.2, 0.25) is 0 Å². The highest BCUT2D eigenvalue weighted by atomic mass is 16.1. The van der Waals surface area contributed by atoms with Gasteiger partial charge in [-0.15, -0.1) is 0 Å². The van der Waals surface area contributed by atoms with E-state index in [0.29, 0.717) is 12.1 Å². The number of aromatic nitrogens is 2. The van der Waals surface area contributed by atoms with Crippen molar-refractivity contribution in [1.82, 2.24) is 15.1 Å². The van der Waals surface area contributed by atoms with Crippen LogP contribution in [0.4, 0.5) is 0 Å². The number of carbonyl (C=O) groups excluding carboxylic acids is 1. The summed E-state index contributed by atoms with van der Waals surface area (Å²) in [5.41, 5.74) is 7.71. The first kappa shape index (κ1) is 11.7. The highest BCUT2D eigenvalue weighted by Crippen LogP contribution is 2.11. The molecule has 5 nitrogen and oxygen atoms in total. The number of hydrogen-bond acceptors (Lipinski definition) is 3. The summed E-state index contributed by atoms with van der Waals surface area (Å²) in [6, 6.07) is -0.0171. The highest BCUT2D eigenvalue weighted by molar-refractivity contribution is 5.96. The van der Waals surface area contributed by atoms with Crippen molar-refractivity contribution in [1.29, 1.82) is 0 Å². The lowest BCUT2D eigenvalue weighted by molar-refractivity contribution is 0.0940. The third kappa shape index (κ3) is 2.36. The second-order valence-electron chi connectivity index (χ2n) is 3.78. The molecule has 3 N–H and O–H groups in total. The minimum Gasteiger partial charge on any atom is -0.348 e.